The van der Waals surface area contributed by atoms with E-state index in [1.807, 2.05) is 26.0 Å². The predicted molar refractivity (Wildman–Crippen MR) is 67.4 cm³/mol. The quantitative estimate of drug-likeness (QED) is 0.743. The van der Waals surface area contributed by atoms with Crippen molar-refractivity contribution in [2.75, 3.05) is 0 Å². The highest BCUT2D eigenvalue weighted by atomic mass is 79.9. The average molecular weight is 269 g/mol. The van der Waals surface area contributed by atoms with Gasteiger partial charge in [0.1, 0.15) is 0 Å². The summed E-state index contributed by atoms with van der Waals surface area (Å²) in [6.45, 7) is 8.12. The topological polar surface area (TPSA) is 17.1 Å². The lowest BCUT2D eigenvalue weighted by Gasteiger charge is -2.10. The maximum atomic E-state index is 11.9. The number of hydrogen-bond acceptors (Lipinski definition) is 1. The van der Waals surface area contributed by atoms with Crippen LogP contribution in [0.4, 0.5) is 0 Å². The fraction of sp³-hybridized carbons (Fsp3) is 0.462. The Morgan fingerprint density at radius 1 is 1.13 bits per heavy atom. The van der Waals surface area contributed by atoms with Gasteiger partial charge in [0.2, 0.25) is 0 Å². The van der Waals surface area contributed by atoms with Crippen LogP contribution in [0.5, 0.6) is 0 Å². The summed E-state index contributed by atoms with van der Waals surface area (Å²) in [6, 6.07) is 5.97. The Morgan fingerprint density at radius 3 is 2.20 bits per heavy atom. The highest BCUT2D eigenvalue weighted by Crippen LogP contribution is 2.23. The van der Waals surface area contributed by atoms with Crippen molar-refractivity contribution in [3.05, 3.63) is 33.8 Å². The second-order valence-electron chi connectivity index (χ2n) is 4.45. The van der Waals surface area contributed by atoms with E-state index in [9.17, 15) is 4.79 Å². The van der Waals surface area contributed by atoms with Gasteiger partial charge < -0.3 is 0 Å². The molecule has 1 nitrogen and oxygen atoms in total. The first kappa shape index (κ1) is 12.4. The summed E-state index contributed by atoms with van der Waals surface area (Å²) in [5.74, 6) is 0.707. The lowest BCUT2D eigenvalue weighted by molar-refractivity contribution is 0.0939. The van der Waals surface area contributed by atoms with Crippen molar-refractivity contribution < 1.29 is 4.79 Å². The first-order valence-corrected chi connectivity index (χ1v) is 6.05. The SMILES string of the molecule is CC(C)C(=O)c1cc(Br)cc(C(C)C)c1. The van der Waals surface area contributed by atoms with E-state index in [-0.39, 0.29) is 11.7 Å². The molecule has 0 N–H and O–H groups in total. The molecule has 1 rings (SSSR count). The van der Waals surface area contributed by atoms with Crippen LogP contribution in [0, 0.1) is 5.92 Å². The smallest absolute Gasteiger partial charge is 0.165 e. The number of ketones is 1. The second kappa shape index (κ2) is 4.93. The third-order valence-electron chi connectivity index (χ3n) is 2.40. The van der Waals surface area contributed by atoms with Gasteiger partial charge in [0.15, 0.2) is 5.78 Å². The molecule has 2 heteroatoms. The molecule has 82 valence electrons. The Balaban J connectivity index is 3.14. The first-order valence-electron chi connectivity index (χ1n) is 5.26. The molecule has 0 amide bonds. The average Bonchev–Trinajstić information content (AvgIpc) is 2.15. The minimum Gasteiger partial charge on any atom is -0.294 e. The van der Waals surface area contributed by atoms with Gasteiger partial charge in [-0.25, -0.2) is 0 Å². The summed E-state index contributed by atoms with van der Waals surface area (Å²) in [5, 5.41) is 0. The summed E-state index contributed by atoms with van der Waals surface area (Å²) in [5.41, 5.74) is 2.01. The number of hydrogen-bond donors (Lipinski definition) is 0. The molecule has 0 fully saturated rings. The van der Waals surface area contributed by atoms with Gasteiger partial charge in [-0.3, -0.25) is 4.79 Å². The van der Waals surface area contributed by atoms with Crippen LogP contribution in [0.15, 0.2) is 22.7 Å². The maximum absolute atomic E-state index is 11.9. The van der Waals surface area contributed by atoms with Crippen molar-refractivity contribution in [1.82, 2.24) is 0 Å². The second-order valence-corrected chi connectivity index (χ2v) is 5.36. The van der Waals surface area contributed by atoms with Gasteiger partial charge in [-0.05, 0) is 29.7 Å². The van der Waals surface area contributed by atoms with E-state index in [4.69, 9.17) is 0 Å². The van der Waals surface area contributed by atoms with Gasteiger partial charge in [-0.15, -0.1) is 0 Å². The molecule has 0 heterocycles. The van der Waals surface area contributed by atoms with Gasteiger partial charge >= 0.3 is 0 Å². The molecule has 0 radical (unpaired) electrons. The third kappa shape index (κ3) is 3.16. The summed E-state index contributed by atoms with van der Waals surface area (Å²) in [7, 11) is 0. The van der Waals surface area contributed by atoms with Crippen molar-refractivity contribution >= 4 is 21.7 Å². The zero-order valence-electron chi connectivity index (χ0n) is 9.67. The van der Waals surface area contributed by atoms with Crippen LogP contribution < -0.4 is 0 Å². The maximum Gasteiger partial charge on any atom is 0.165 e. The number of carbonyl (C=O) groups excluding carboxylic acids is 1. The zero-order chi connectivity index (χ0) is 11.6. The molecule has 0 spiro atoms. The molecule has 0 aliphatic heterocycles. The number of Topliss-reactive ketones (excluding diaryl/α,β-unsaturated/α-hetero) is 1. The van der Waals surface area contributed by atoms with Gasteiger partial charge in [0, 0.05) is 16.0 Å². The van der Waals surface area contributed by atoms with Crippen LogP contribution in [0.3, 0.4) is 0 Å². The molecule has 1 aromatic rings. The van der Waals surface area contributed by atoms with Crippen LogP contribution in [0.1, 0.15) is 49.5 Å². The molecule has 0 aliphatic carbocycles. The molecule has 0 saturated carbocycles. The summed E-state index contributed by atoms with van der Waals surface area (Å²) >= 11 is 3.45. The molecule has 15 heavy (non-hydrogen) atoms. The molecular formula is C13H17BrO. The first-order chi connectivity index (χ1) is 6.91. The molecule has 0 saturated heterocycles. The standard InChI is InChI=1S/C13H17BrO/c1-8(2)10-5-11(7-12(14)6-10)13(15)9(3)4/h5-9H,1-4H3. The minimum absolute atomic E-state index is 0.0549. The van der Waals surface area contributed by atoms with Crippen molar-refractivity contribution in [2.24, 2.45) is 5.92 Å². The molecule has 0 atom stereocenters. The molecule has 1 aromatic carbocycles. The predicted octanol–water partition coefficient (Wildman–Crippen LogP) is 4.41. The molecular weight excluding hydrogens is 252 g/mol. The Morgan fingerprint density at radius 2 is 1.73 bits per heavy atom. The summed E-state index contributed by atoms with van der Waals surface area (Å²) in [4.78, 5) is 11.9. The van der Waals surface area contributed by atoms with E-state index in [0.717, 1.165) is 10.0 Å². The van der Waals surface area contributed by atoms with Gasteiger partial charge in [-0.1, -0.05) is 43.6 Å². The van der Waals surface area contributed by atoms with Crippen molar-refractivity contribution in [3.63, 3.8) is 0 Å². The van der Waals surface area contributed by atoms with E-state index in [1.165, 1.54) is 5.56 Å². The number of halogens is 1. The van der Waals surface area contributed by atoms with Crippen LogP contribution in [0.25, 0.3) is 0 Å². The number of carbonyl (C=O) groups is 1. The van der Waals surface area contributed by atoms with Crippen LogP contribution in [0.2, 0.25) is 0 Å². The number of rotatable bonds is 3. The van der Waals surface area contributed by atoms with E-state index in [1.54, 1.807) is 0 Å². The fourth-order valence-corrected chi connectivity index (χ4v) is 1.93. The van der Waals surface area contributed by atoms with E-state index in [0.29, 0.717) is 5.92 Å². The Kier molecular flexibility index (Phi) is 4.09. The Hall–Kier alpha value is -0.630. The zero-order valence-corrected chi connectivity index (χ0v) is 11.3. The minimum atomic E-state index is 0.0549. The van der Waals surface area contributed by atoms with Gasteiger partial charge in [0.25, 0.3) is 0 Å². The van der Waals surface area contributed by atoms with E-state index >= 15 is 0 Å². The van der Waals surface area contributed by atoms with Crippen molar-refractivity contribution in [1.29, 1.82) is 0 Å². The largest absolute Gasteiger partial charge is 0.294 e. The Bertz CT molecular complexity index is 367. The number of benzene rings is 1. The van der Waals surface area contributed by atoms with Gasteiger partial charge in [0.05, 0.1) is 0 Å². The highest BCUT2D eigenvalue weighted by molar-refractivity contribution is 9.10. The lowest BCUT2D eigenvalue weighted by atomic mass is 9.95. The van der Waals surface area contributed by atoms with Crippen molar-refractivity contribution in [2.45, 2.75) is 33.6 Å². The molecule has 0 aliphatic rings. The van der Waals surface area contributed by atoms with Crippen molar-refractivity contribution in [3.8, 4) is 0 Å². The van der Waals surface area contributed by atoms with Gasteiger partial charge in [-0.2, -0.15) is 0 Å². The fourth-order valence-electron chi connectivity index (χ4n) is 1.42. The Labute approximate surface area is 100 Å². The van der Waals surface area contributed by atoms with E-state index < -0.39 is 0 Å². The monoisotopic (exact) mass is 268 g/mol. The molecule has 0 aromatic heterocycles. The normalized spacial score (nSPS) is 11.1. The van der Waals surface area contributed by atoms with E-state index in [2.05, 4.69) is 35.8 Å². The van der Waals surface area contributed by atoms with Crippen LogP contribution in [-0.4, -0.2) is 5.78 Å². The van der Waals surface area contributed by atoms with Crippen LogP contribution in [-0.2, 0) is 0 Å². The third-order valence-corrected chi connectivity index (χ3v) is 2.85. The molecule has 0 unspecified atom stereocenters. The summed E-state index contributed by atoms with van der Waals surface area (Å²) < 4.78 is 0.984. The molecule has 0 bridgehead atoms. The lowest BCUT2D eigenvalue weighted by Crippen LogP contribution is -2.08. The summed E-state index contributed by atoms with van der Waals surface area (Å²) in [6.07, 6.45) is 0. The highest BCUT2D eigenvalue weighted by Gasteiger charge is 2.12. The van der Waals surface area contributed by atoms with Crippen LogP contribution >= 0.6 is 15.9 Å².